The molecule has 7 nitrogen and oxygen atoms in total. The lowest BCUT2D eigenvalue weighted by molar-refractivity contribution is 0.0489. The topological polar surface area (TPSA) is 79.0 Å². The van der Waals surface area contributed by atoms with Gasteiger partial charge in [0.25, 0.3) is 0 Å². The summed E-state index contributed by atoms with van der Waals surface area (Å²) in [7, 11) is -3.54. The minimum atomic E-state index is -3.54. The molecule has 0 radical (unpaired) electrons. The van der Waals surface area contributed by atoms with E-state index in [4.69, 9.17) is 4.74 Å². The Bertz CT molecular complexity index is 805. The summed E-state index contributed by atoms with van der Waals surface area (Å²) >= 11 is 0. The van der Waals surface area contributed by atoms with E-state index in [1.165, 1.54) is 10.7 Å². The summed E-state index contributed by atoms with van der Waals surface area (Å²) in [5.41, 5.74) is 0.431. The van der Waals surface area contributed by atoms with Crippen molar-refractivity contribution in [1.82, 2.24) is 9.62 Å². The zero-order valence-corrected chi connectivity index (χ0v) is 18.5. The fourth-order valence-corrected chi connectivity index (χ4v) is 5.37. The molecule has 0 aliphatic carbocycles. The van der Waals surface area contributed by atoms with Crippen molar-refractivity contribution in [3.05, 3.63) is 24.3 Å². The molecule has 2 aliphatic heterocycles. The number of carbonyl (C=O) groups is 1. The molecule has 0 atom stereocenters. The number of benzene rings is 1. The highest BCUT2D eigenvalue weighted by atomic mass is 32.2. The molecule has 0 unspecified atom stereocenters. The van der Waals surface area contributed by atoms with Gasteiger partial charge in [-0.25, -0.2) is 13.2 Å². The van der Waals surface area contributed by atoms with Gasteiger partial charge < -0.3 is 15.0 Å². The number of sulfonamides is 1. The van der Waals surface area contributed by atoms with Crippen LogP contribution in [0.5, 0.6) is 0 Å². The molecule has 1 aromatic carbocycles. The first kappa shape index (κ1) is 21.9. The van der Waals surface area contributed by atoms with Gasteiger partial charge in [0.05, 0.1) is 4.90 Å². The van der Waals surface area contributed by atoms with Crippen molar-refractivity contribution in [2.75, 3.05) is 31.1 Å². The van der Waals surface area contributed by atoms with Crippen molar-refractivity contribution in [2.45, 2.75) is 69.4 Å². The molecular weight excluding hydrogens is 390 g/mol. The van der Waals surface area contributed by atoms with Gasteiger partial charge >= 0.3 is 6.09 Å². The standard InChI is InChI=1S/C21H33N3O4S/c1-21(2,3)28-20(25)22-17-10-14-24(15-11-17)29(26,27)19-9-7-8-18(16-19)23-12-5-4-6-13-23/h7-9,16-17H,4-6,10-15H2,1-3H3,(H,22,25). The highest BCUT2D eigenvalue weighted by Gasteiger charge is 2.31. The van der Waals surface area contributed by atoms with Gasteiger partial charge in [0.15, 0.2) is 0 Å². The van der Waals surface area contributed by atoms with Gasteiger partial charge in [-0.1, -0.05) is 6.07 Å². The van der Waals surface area contributed by atoms with Crippen molar-refractivity contribution in [3.8, 4) is 0 Å². The molecule has 3 rings (SSSR count). The van der Waals surface area contributed by atoms with E-state index < -0.39 is 21.7 Å². The smallest absolute Gasteiger partial charge is 0.407 e. The first-order valence-corrected chi connectivity index (χ1v) is 11.9. The number of piperidine rings is 2. The summed E-state index contributed by atoms with van der Waals surface area (Å²) in [6.07, 6.45) is 4.23. The lowest BCUT2D eigenvalue weighted by Crippen LogP contribution is -2.47. The molecule has 0 aromatic heterocycles. The molecule has 1 aromatic rings. The average molecular weight is 424 g/mol. The molecular formula is C21H33N3O4S. The zero-order valence-electron chi connectivity index (χ0n) is 17.7. The zero-order chi connectivity index (χ0) is 21.1. The Morgan fingerprint density at radius 1 is 1.07 bits per heavy atom. The average Bonchev–Trinajstić information content (AvgIpc) is 2.68. The van der Waals surface area contributed by atoms with Crippen molar-refractivity contribution < 1.29 is 17.9 Å². The van der Waals surface area contributed by atoms with Crippen molar-refractivity contribution >= 4 is 21.8 Å². The minimum Gasteiger partial charge on any atom is -0.444 e. The van der Waals surface area contributed by atoms with Crippen LogP contribution >= 0.6 is 0 Å². The number of hydrogen-bond acceptors (Lipinski definition) is 5. The van der Waals surface area contributed by atoms with Gasteiger partial charge in [0.1, 0.15) is 5.60 Å². The molecule has 2 saturated heterocycles. The number of nitrogens with one attached hydrogen (secondary N) is 1. The van der Waals surface area contributed by atoms with Gasteiger partial charge in [-0.3, -0.25) is 0 Å². The number of nitrogens with zero attached hydrogens (tertiary/aromatic N) is 2. The van der Waals surface area contributed by atoms with Crippen molar-refractivity contribution in [1.29, 1.82) is 0 Å². The normalized spacial score (nSPS) is 19.8. The van der Waals surface area contributed by atoms with Crippen LogP contribution in [0.4, 0.5) is 10.5 Å². The maximum Gasteiger partial charge on any atom is 0.407 e. The number of alkyl carbamates (subject to hydrolysis) is 1. The van der Waals surface area contributed by atoms with E-state index in [1.54, 1.807) is 12.1 Å². The second kappa shape index (κ2) is 8.92. The Morgan fingerprint density at radius 2 is 1.72 bits per heavy atom. The highest BCUT2D eigenvalue weighted by Crippen LogP contribution is 2.26. The second-order valence-electron chi connectivity index (χ2n) is 8.87. The minimum absolute atomic E-state index is 0.0732. The molecule has 0 bridgehead atoms. The molecule has 1 N–H and O–H groups in total. The predicted octanol–water partition coefficient (Wildman–Crippen LogP) is 3.35. The molecule has 1 amide bonds. The summed E-state index contributed by atoms with van der Waals surface area (Å²) in [4.78, 5) is 14.6. The number of rotatable bonds is 4. The molecule has 2 heterocycles. The van der Waals surface area contributed by atoms with Crippen LogP contribution in [0, 0.1) is 0 Å². The third kappa shape index (κ3) is 5.85. The van der Waals surface area contributed by atoms with Crippen molar-refractivity contribution in [3.63, 3.8) is 0 Å². The Morgan fingerprint density at radius 3 is 2.34 bits per heavy atom. The van der Waals surface area contributed by atoms with Crippen LogP contribution in [-0.2, 0) is 14.8 Å². The Balaban J connectivity index is 1.60. The largest absolute Gasteiger partial charge is 0.444 e. The van der Waals surface area contributed by atoms with Crippen LogP contribution in [-0.4, -0.2) is 56.6 Å². The quantitative estimate of drug-likeness (QED) is 0.803. The summed E-state index contributed by atoms with van der Waals surface area (Å²) in [5.74, 6) is 0. The van der Waals surface area contributed by atoms with E-state index in [-0.39, 0.29) is 6.04 Å². The molecule has 0 saturated carbocycles. The van der Waals surface area contributed by atoms with E-state index >= 15 is 0 Å². The van der Waals surface area contributed by atoms with Crippen molar-refractivity contribution in [2.24, 2.45) is 0 Å². The van der Waals surface area contributed by atoms with Gasteiger partial charge in [-0.05, 0) is 71.1 Å². The number of anilines is 1. The van der Waals surface area contributed by atoms with E-state index in [0.717, 1.165) is 31.6 Å². The summed E-state index contributed by atoms with van der Waals surface area (Å²) < 4.78 is 33.1. The number of carbonyl (C=O) groups excluding carboxylic acids is 1. The SMILES string of the molecule is CC(C)(C)OC(=O)NC1CCN(S(=O)(=O)c2cccc(N3CCCCC3)c2)CC1. The number of hydrogen-bond donors (Lipinski definition) is 1. The molecule has 8 heteroatoms. The molecule has 29 heavy (non-hydrogen) atoms. The van der Waals surface area contributed by atoms with Crippen LogP contribution < -0.4 is 10.2 Å². The van der Waals surface area contributed by atoms with Crippen LogP contribution in [0.2, 0.25) is 0 Å². The summed E-state index contributed by atoms with van der Waals surface area (Å²) in [6, 6.07) is 7.21. The monoisotopic (exact) mass is 423 g/mol. The molecule has 162 valence electrons. The lowest BCUT2D eigenvalue weighted by atomic mass is 10.1. The van der Waals surface area contributed by atoms with E-state index in [2.05, 4.69) is 10.2 Å². The van der Waals surface area contributed by atoms with Crippen LogP contribution in [0.15, 0.2) is 29.2 Å². The molecule has 2 fully saturated rings. The predicted molar refractivity (Wildman–Crippen MR) is 114 cm³/mol. The van der Waals surface area contributed by atoms with Gasteiger partial charge in [-0.2, -0.15) is 4.31 Å². The first-order chi connectivity index (χ1) is 13.6. The fraction of sp³-hybridized carbons (Fsp3) is 0.667. The van der Waals surface area contributed by atoms with Gasteiger partial charge in [0.2, 0.25) is 10.0 Å². The maximum absolute atomic E-state index is 13.1. The lowest BCUT2D eigenvalue weighted by Gasteiger charge is -2.32. The molecule has 0 spiro atoms. The van der Waals surface area contributed by atoms with Gasteiger partial charge in [0, 0.05) is 37.9 Å². The summed E-state index contributed by atoms with van der Waals surface area (Å²) in [5, 5.41) is 2.85. The Hall–Kier alpha value is -1.80. The number of amides is 1. The van der Waals surface area contributed by atoms with E-state index in [1.807, 2.05) is 32.9 Å². The van der Waals surface area contributed by atoms with E-state index in [9.17, 15) is 13.2 Å². The third-order valence-corrected chi connectivity index (χ3v) is 7.25. The first-order valence-electron chi connectivity index (χ1n) is 10.5. The maximum atomic E-state index is 13.1. The van der Waals surface area contributed by atoms with Crippen LogP contribution in [0.25, 0.3) is 0 Å². The Kier molecular flexibility index (Phi) is 6.73. The fourth-order valence-electron chi connectivity index (χ4n) is 3.86. The second-order valence-corrected chi connectivity index (χ2v) is 10.8. The van der Waals surface area contributed by atoms with Crippen LogP contribution in [0.3, 0.4) is 0 Å². The summed E-state index contributed by atoms with van der Waals surface area (Å²) in [6.45, 7) is 8.18. The Labute approximate surface area is 174 Å². The van der Waals surface area contributed by atoms with Gasteiger partial charge in [-0.15, -0.1) is 0 Å². The van der Waals surface area contributed by atoms with E-state index in [0.29, 0.717) is 30.8 Å². The molecule has 2 aliphatic rings. The third-order valence-electron chi connectivity index (χ3n) is 5.35. The van der Waals surface area contributed by atoms with Crippen LogP contribution in [0.1, 0.15) is 52.9 Å². The highest BCUT2D eigenvalue weighted by molar-refractivity contribution is 7.89. The number of ether oxygens (including phenoxy) is 1.